The molecule has 1 aromatic carbocycles. The number of rotatable bonds is 11. The molecule has 0 aliphatic heterocycles. The third kappa shape index (κ3) is 8.11. The van der Waals surface area contributed by atoms with E-state index < -0.39 is 10.0 Å². The van der Waals surface area contributed by atoms with Gasteiger partial charge in [0, 0.05) is 32.1 Å². The molecular weight excluding hydrogens is 402 g/mol. The normalized spacial score (nSPS) is 12.4. The van der Waals surface area contributed by atoms with Gasteiger partial charge in [-0.3, -0.25) is 0 Å². The van der Waals surface area contributed by atoms with Crippen molar-refractivity contribution in [1.29, 1.82) is 0 Å². The largest absolute Gasteiger partial charge is 0.357 e. The highest BCUT2D eigenvalue weighted by Crippen LogP contribution is 2.09. The Morgan fingerprint density at radius 3 is 2.47 bits per heavy atom. The van der Waals surface area contributed by atoms with Crippen molar-refractivity contribution in [2.45, 2.75) is 59.0 Å². The van der Waals surface area contributed by atoms with E-state index in [2.05, 4.69) is 37.5 Å². The van der Waals surface area contributed by atoms with E-state index in [0.717, 1.165) is 42.4 Å². The van der Waals surface area contributed by atoms with Gasteiger partial charge in [0.15, 0.2) is 5.96 Å². The smallest absolute Gasteiger partial charge is 0.216 e. The second-order valence-corrected chi connectivity index (χ2v) is 9.02. The van der Waals surface area contributed by atoms with Crippen LogP contribution in [0.2, 0.25) is 0 Å². The lowest BCUT2D eigenvalue weighted by atomic mass is 10.1. The molecule has 166 valence electrons. The van der Waals surface area contributed by atoms with Gasteiger partial charge in [-0.1, -0.05) is 31.2 Å². The fourth-order valence-electron chi connectivity index (χ4n) is 2.91. The predicted molar refractivity (Wildman–Crippen MR) is 120 cm³/mol. The zero-order valence-corrected chi connectivity index (χ0v) is 19.0. The summed E-state index contributed by atoms with van der Waals surface area (Å²) in [6.45, 7) is 10.4. The summed E-state index contributed by atoms with van der Waals surface area (Å²) >= 11 is 0. The highest BCUT2D eigenvalue weighted by molar-refractivity contribution is 7.88. The maximum Gasteiger partial charge on any atom is 0.216 e. The lowest BCUT2D eigenvalue weighted by Gasteiger charge is -2.12. The molecule has 0 aliphatic rings. The average Bonchev–Trinajstić information content (AvgIpc) is 3.13. The highest BCUT2D eigenvalue weighted by atomic mass is 32.2. The summed E-state index contributed by atoms with van der Waals surface area (Å²) in [6, 6.07) is 7.39. The zero-order valence-electron chi connectivity index (χ0n) is 18.2. The van der Waals surface area contributed by atoms with Crippen LogP contribution in [-0.2, 0) is 35.3 Å². The Kier molecular flexibility index (Phi) is 9.25. The molecule has 1 heterocycles. The van der Waals surface area contributed by atoms with Crippen LogP contribution in [0.5, 0.6) is 0 Å². The van der Waals surface area contributed by atoms with Crippen LogP contribution in [0, 0.1) is 0 Å². The minimum atomic E-state index is -3.32. The first-order valence-corrected chi connectivity index (χ1v) is 11.9. The summed E-state index contributed by atoms with van der Waals surface area (Å²) in [4.78, 5) is 4.61. The average molecular weight is 436 g/mol. The first kappa shape index (κ1) is 23.8. The fraction of sp³-hybridized carbons (Fsp3) is 0.550. The molecule has 0 amide bonds. The zero-order chi connectivity index (χ0) is 22.0. The predicted octanol–water partition coefficient (Wildman–Crippen LogP) is 1.42. The SMILES string of the molecule is CCNC(=NCc1ccc(CS(=O)(=O)NC(C)C)cc1)NCCn1cnnc1CC. The van der Waals surface area contributed by atoms with E-state index in [0.29, 0.717) is 13.1 Å². The molecular formula is C20H33N7O2S. The Hall–Kier alpha value is -2.46. The summed E-state index contributed by atoms with van der Waals surface area (Å²) in [5, 5.41) is 14.6. The van der Waals surface area contributed by atoms with Gasteiger partial charge in [0.1, 0.15) is 12.2 Å². The van der Waals surface area contributed by atoms with Crippen molar-refractivity contribution in [3.63, 3.8) is 0 Å². The molecule has 9 nitrogen and oxygen atoms in total. The monoisotopic (exact) mass is 435 g/mol. The maximum atomic E-state index is 12.0. The summed E-state index contributed by atoms with van der Waals surface area (Å²) < 4.78 is 28.7. The van der Waals surface area contributed by atoms with E-state index in [-0.39, 0.29) is 11.8 Å². The Morgan fingerprint density at radius 1 is 1.13 bits per heavy atom. The van der Waals surface area contributed by atoms with Crippen molar-refractivity contribution in [2.75, 3.05) is 13.1 Å². The minimum Gasteiger partial charge on any atom is -0.357 e. The van der Waals surface area contributed by atoms with E-state index >= 15 is 0 Å². The van der Waals surface area contributed by atoms with Crippen LogP contribution in [-0.4, -0.2) is 48.3 Å². The molecule has 30 heavy (non-hydrogen) atoms. The molecule has 1 aromatic heterocycles. The van der Waals surface area contributed by atoms with Gasteiger partial charge in [-0.25, -0.2) is 18.1 Å². The van der Waals surface area contributed by atoms with Gasteiger partial charge in [-0.2, -0.15) is 0 Å². The number of aryl methyl sites for hydroxylation is 1. The number of benzene rings is 1. The van der Waals surface area contributed by atoms with Gasteiger partial charge in [-0.15, -0.1) is 10.2 Å². The lowest BCUT2D eigenvalue weighted by Crippen LogP contribution is -2.38. The summed E-state index contributed by atoms with van der Waals surface area (Å²) in [6.07, 6.45) is 2.59. The minimum absolute atomic E-state index is 0.0260. The van der Waals surface area contributed by atoms with Crippen LogP contribution < -0.4 is 15.4 Å². The van der Waals surface area contributed by atoms with Crippen LogP contribution in [0.1, 0.15) is 44.6 Å². The molecule has 2 rings (SSSR count). The van der Waals surface area contributed by atoms with Crippen LogP contribution in [0.4, 0.5) is 0 Å². The van der Waals surface area contributed by atoms with E-state index in [1.54, 1.807) is 6.33 Å². The summed E-state index contributed by atoms with van der Waals surface area (Å²) in [5.74, 6) is 1.67. The van der Waals surface area contributed by atoms with Crippen LogP contribution in [0.25, 0.3) is 0 Å². The van der Waals surface area contributed by atoms with E-state index in [1.165, 1.54) is 0 Å². The lowest BCUT2D eigenvalue weighted by molar-refractivity contribution is 0.569. The van der Waals surface area contributed by atoms with Crippen LogP contribution >= 0.6 is 0 Å². The van der Waals surface area contributed by atoms with E-state index in [4.69, 9.17) is 0 Å². The Labute approximate surface area is 179 Å². The van der Waals surface area contributed by atoms with E-state index in [9.17, 15) is 8.42 Å². The van der Waals surface area contributed by atoms with E-state index in [1.807, 2.05) is 49.6 Å². The van der Waals surface area contributed by atoms with Crippen molar-refractivity contribution in [3.8, 4) is 0 Å². The van der Waals surface area contributed by atoms with Crippen molar-refractivity contribution in [2.24, 2.45) is 4.99 Å². The molecule has 0 spiro atoms. The van der Waals surface area contributed by atoms with Crippen molar-refractivity contribution in [1.82, 2.24) is 30.1 Å². The standard InChI is InChI=1S/C20H33N7O2S/c1-5-19-25-24-15-27(19)12-11-22-20(21-6-2)23-13-17-7-9-18(10-8-17)14-30(28,29)26-16(3)4/h7-10,15-16,26H,5-6,11-14H2,1-4H3,(H2,21,22,23). The first-order valence-electron chi connectivity index (χ1n) is 10.3. The van der Waals surface area contributed by atoms with Gasteiger partial charge in [0.25, 0.3) is 0 Å². The third-order valence-electron chi connectivity index (χ3n) is 4.22. The van der Waals surface area contributed by atoms with Gasteiger partial charge in [0.05, 0.1) is 12.3 Å². The number of hydrogen-bond donors (Lipinski definition) is 3. The molecule has 3 N–H and O–H groups in total. The molecule has 0 saturated heterocycles. The second kappa shape index (κ2) is 11.7. The molecule has 0 radical (unpaired) electrons. The number of hydrogen-bond acceptors (Lipinski definition) is 5. The topological polar surface area (TPSA) is 113 Å². The number of sulfonamides is 1. The second-order valence-electron chi connectivity index (χ2n) is 7.26. The molecule has 0 atom stereocenters. The Morgan fingerprint density at radius 2 is 1.83 bits per heavy atom. The van der Waals surface area contributed by atoms with Crippen LogP contribution in [0.3, 0.4) is 0 Å². The third-order valence-corrected chi connectivity index (χ3v) is 5.76. The van der Waals surface area contributed by atoms with Gasteiger partial charge in [-0.05, 0) is 31.9 Å². The van der Waals surface area contributed by atoms with Crippen molar-refractivity contribution < 1.29 is 8.42 Å². The molecule has 0 saturated carbocycles. The summed E-state index contributed by atoms with van der Waals surface area (Å²) in [7, 11) is -3.32. The van der Waals surface area contributed by atoms with Crippen molar-refractivity contribution >= 4 is 16.0 Å². The molecule has 0 unspecified atom stereocenters. The number of aromatic nitrogens is 3. The number of nitrogens with zero attached hydrogens (tertiary/aromatic N) is 4. The van der Waals surface area contributed by atoms with Crippen molar-refractivity contribution in [3.05, 3.63) is 47.5 Å². The Balaban J connectivity index is 1.90. The molecule has 2 aromatic rings. The summed E-state index contributed by atoms with van der Waals surface area (Å²) in [5.41, 5.74) is 1.76. The van der Waals surface area contributed by atoms with Gasteiger partial charge >= 0.3 is 0 Å². The van der Waals surface area contributed by atoms with Gasteiger partial charge < -0.3 is 15.2 Å². The Bertz CT molecular complexity index is 905. The number of nitrogens with one attached hydrogen (secondary N) is 3. The fourth-order valence-corrected chi connectivity index (χ4v) is 4.34. The molecule has 0 bridgehead atoms. The first-order chi connectivity index (χ1) is 14.3. The molecule has 10 heteroatoms. The van der Waals surface area contributed by atoms with Gasteiger partial charge in [0.2, 0.25) is 10.0 Å². The maximum absolute atomic E-state index is 12.0. The highest BCUT2D eigenvalue weighted by Gasteiger charge is 2.12. The number of aliphatic imine (C=N–C) groups is 1. The van der Waals surface area contributed by atoms with Crippen LogP contribution in [0.15, 0.2) is 35.6 Å². The number of guanidine groups is 1. The molecule has 0 fully saturated rings. The quantitative estimate of drug-likeness (QED) is 0.363. The molecule has 0 aliphatic carbocycles.